The summed E-state index contributed by atoms with van der Waals surface area (Å²) < 4.78 is 0. The fourth-order valence-electron chi connectivity index (χ4n) is 2.34. The van der Waals surface area contributed by atoms with E-state index in [4.69, 9.17) is 0 Å². The van der Waals surface area contributed by atoms with Gasteiger partial charge in [-0.3, -0.25) is 4.90 Å². The summed E-state index contributed by atoms with van der Waals surface area (Å²) in [5.41, 5.74) is 2.71. The Bertz CT molecular complexity index is 345. The Balaban J connectivity index is 1.84. The maximum Gasteiger partial charge on any atom is 0.0393 e. The van der Waals surface area contributed by atoms with Gasteiger partial charge in [0.2, 0.25) is 0 Å². The normalized spacial score (nSPS) is 17.1. The van der Waals surface area contributed by atoms with Gasteiger partial charge in [0.05, 0.1) is 0 Å². The highest BCUT2D eigenvalue weighted by molar-refractivity contribution is 5.52. The van der Waals surface area contributed by atoms with Crippen LogP contribution in [0.5, 0.6) is 0 Å². The van der Waals surface area contributed by atoms with Gasteiger partial charge in [0.1, 0.15) is 0 Å². The molecule has 1 aliphatic heterocycles. The molecule has 0 aromatic heterocycles. The van der Waals surface area contributed by atoms with Crippen molar-refractivity contribution in [1.29, 1.82) is 0 Å². The summed E-state index contributed by atoms with van der Waals surface area (Å²) in [6.45, 7) is 9.07. The summed E-state index contributed by atoms with van der Waals surface area (Å²) in [4.78, 5) is 4.89. The highest BCUT2D eigenvalue weighted by Gasteiger charge is 2.10. The van der Waals surface area contributed by atoms with Crippen molar-refractivity contribution in [3.05, 3.63) is 29.8 Å². The van der Waals surface area contributed by atoms with Crippen molar-refractivity contribution in [2.45, 2.75) is 6.92 Å². The van der Waals surface area contributed by atoms with Crippen molar-refractivity contribution < 1.29 is 0 Å². The molecule has 0 aliphatic carbocycles. The number of likely N-dealkylation sites (N-methyl/N-ethyl adjacent to an activating group) is 1. The standard InChI is InChI=1S/C14H23N3/c1-13-5-3-4-6-14(13)16(2)11-12-17-9-7-15-8-10-17/h3-6,15H,7-12H2,1-2H3. The monoisotopic (exact) mass is 233 g/mol. The van der Waals surface area contributed by atoms with Crippen molar-refractivity contribution in [2.75, 3.05) is 51.2 Å². The maximum atomic E-state index is 3.39. The third-order valence-electron chi connectivity index (χ3n) is 3.49. The highest BCUT2D eigenvalue weighted by Crippen LogP contribution is 2.17. The van der Waals surface area contributed by atoms with E-state index in [-0.39, 0.29) is 0 Å². The van der Waals surface area contributed by atoms with E-state index < -0.39 is 0 Å². The Morgan fingerprint density at radius 1 is 1.24 bits per heavy atom. The minimum absolute atomic E-state index is 1.10. The molecule has 0 radical (unpaired) electrons. The smallest absolute Gasteiger partial charge is 0.0393 e. The molecule has 1 aromatic carbocycles. The second-order valence-electron chi connectivity index (χ2n) is 4.80. The molecular formula is C14H23N3. The average molecular weight is 233 g/mol. The third kappa shape index (κ3) is 3.45. The van der Waals surface area contributed by atoms with Crippen LogP contribution in [0.2, 0.25) is 0 Å². The zero-order chi connectivity index (χ0) is 12.1. The summed E-state index contributed by atoms with van der Waals surface area (Å²) >= 11 is 0. The number of hydrogen-bond donors (Lipinski definition) is 1. The van der Waals surface area contributed by atoms with Crippen LogP contribution in [-0.4, -0.2) is 51.2 Å². The molecule has 1 heterocycles. The fourth-order valence-corrected chi connectivity index (χ4v) is 2.34. The third-order valence-corrected chi connectivity index (χ3v) is 3.49. The molecule has 94 valence electrons. The Labute approximate surface area is 104 Å². The number of nitrogens with one attached hydrogen (secondary N) is 1. The SMILES string of the molecule is Cc1ccccc1N(C)CCN1CCNCC1. The average Bonchev–Trinajstić information content (AvgIpc) is 2.38. The Kier molecular flexibility index (Phi) is 4.40. The number of hydrogen-bond acceptors (Lipinski definition) is 3. The van der Waals surface area contributed by atoms with Crippen LogP contribution in [0.3, 0.4) is 0 Å². The second-order valence-corrected chi connectivity index (χ2v) is 4.80. The van der Waals surface area contributed by atoms with E-state index in [2.05, 4.69) is 53.4 Å². The molecule has 1 aliphatic rings. The molecule has 0 saturated carbocycles. The molecule has 0 bridgehead atoms. The van der Waals surface area contributed by atoms with Crippen molar-refractivity contribution >= 4 is 5.69 Å². The first kappa shape index (κ1) is 12.4. The summed E-state index contributed by atoms with van der Waals surface area (Å²) in [7, 11) is 2.19. The van der Waals surface area contributed by atoms with Crippen LogP contribution in [0.4, 0.5) is 5.69 Å². The fraction of sp³-hybridized carbons (Fsp3) is 0.571. The van der Waals surface area contributed by atoms with Crippen LogP contribution >= 0.6 is 0 Å². The van der Waals surface area contributed by atoms with Gasteiger partial charge in [-0.2, -0.15) is 0 Å². The van der Waals surface area contributed by atoms with E-state index in [1.54, 1.807) is 0 Å². The van der Waals surface area contributed by atoms with E-state index in [9.17, 15) is 0 Å². The lowest BCUT2D eigenvalue weighted by Gasteiger charge is -2.30. The van der Waals surface area contributed by atoms with E-state index >= 15 is 0 Å². The number of anilines is 1. The lowest BCUT2D eigenvalue weighted by Crippen LogP contribution is -2.46. The number of benzene rings is 1. The van der Waals surface area contributed by atoms with Gasteiger partial charge < -0.3 is 10.2 Å². The highest BCUT2D eigenvalue weighted by atomic mass is 15.2. The molecule has 17 heavy (non-hydrogen) atoms. The summed E-state index contributed by atoms with van der Waals surface area (Å²) in [6, 6.07) is 8.59. The van der Waals surface area contributed by atoms with Gasteiger partial charge in [0.25, 0.3) is 0 Å². The molecule has 0 amide bonds. The van der Waals surface area contributed by atoms with Crippen molar-refractivity contribution in [3.8, 4) is 0 Å². The Morgan fingerprint density at radius 3 is 2.65 bits per heavy atom. The van der Waals surface area contributed by atoms with Crippen LogP contribution in [0, 0.1) is 6.92 Å². The van der Waals surface area contributed by atoms with Gasteiger partial charge in [-0.15, -0.1) is 0 Å². The number of piperazine rings is 1. The van der Waals surface area contributed by atoms with Crippen molar-refractivity contribution in [1.82, 2.24) is 10.2 Å². The van der Waals surface area contributed by atoms with Gasteiger partial charge in [0, 0.05) is 52.0 Å². The van der Waals surface area contributed by atoms with Crippen LogP contribution < -0.4 is 10.2 Å². The van der Waals surface area contributed by atoms with E-state index in [0.717, 1.165) is 26.2 Å². The van der Waals surface area contributed by atoms with Gasteiger partial charge >= 0.3 is 0 Å². The molecule has 2 rings (SSSR count). The number of nitrogens with zero attached hydrogens (tertiary/aromatic N) is 2. The second kappa shape index (κ2) is 6.03. The van der Waals surface area contributed by atoms with Crippen LogP contribution in [-0.2, 0) is 0 Å². The maximum absolute atomic E-state index is 3.39. The Morgan fingerprint density at radius 2 is 1.94 bits per heavy atom. The molecule has 1 fully saturated rings. The zero-order valence-corrected chi connectivity index (χ0v) is 10.9. The van der Waals surface area contributed by atoms with E-state index in [1.807, 2.05) is 0 Å². The quantitative estimate of drug-likeness (QED) is 0.846. The first-order chi connectivity index (χ1) is 8.27. The largest absolute Gasteiger partial charge is 0.373 e. The summed E-state index contributed by atoms with van der Waals surface area (Å²) in [6.07, 6.45) is 0. The van der Waals surface area contributed by atoms with Gasteiger partial charge in [-0.05, 0) is 18.6 Å². The lowest BCUT2D eigenvalue weighted by atomic mass is 10.2. The molecule has 0 spiro atoms. The molecule has 1 saturated heterocycles. The number of para-hydroxylation sites is 1. The van der Waals surface area contributed by atoms with Crippen molar-refractivity contribution in [3.63, 3.8) is 0 Å². The zero-order valence-electron chi connectivity index (χ0n) is 10.9. The summed E-state index contributed by atoms with van der Waals surface area (Å²) in [5.74, 6) is 0. The van der Waals surface area contributed by atoms with Gasteiger partial charge in [-0.1, -0.05) is 18.2 Å². The van der Waals surface area contributed by atoms with Crippen LogP contribution in [0.1, 0.15) is 5.56 Å². The van der Waals surface area contributed by atoms with E-state index in [1.165, 1.54) is 24.3 Å². The molecular weight excluding hydrogens is 210 g/mol. The molecule has 0 atom stereocenters. The first-order valence-corrected chi connectivity index (χ1v) is 6.47. The van der Waals surface area contributed by atoms with E-state index in [0.29, 0.717) is 0 Å². The predicted octanol–water partition coefficient (Wildman–Crippen LogP) is 1.34. The van der Waals surface area contributed by atoms with Crippen molar-refractivity contribution in [2.24, 2.45) is 0 Å². The topological polar surface area (TPSA) is 18.5 Å². The molecule has 1 aromatic rings. The minimum atomic E-state index is 1.10. The van der Waals surface area contributed by atoms with Crippen LogP contribution in [0.15, 0.2) is 24.3 Å². The van der Waals surface area contributed by atoms with Gasteiger partial charge in [-0.25, -0.2) is 0 Å². The molecule has 1 N–H and O–H groups in total. The lowest BCUT2D eigenvalue weighted by molar-refractivity contribution is 0.246. The summed E-state index contributed by atoms with van der Waals surface area (Å²) in [5, 5.41) is 3.39. The predicted molar refractivity (Wildman–Crippen MR) is 73.8 cm³/mol. The molecule has 3 nitrogen and oxygen atoms in total. The van der Waals surface area contributed by atoms with Gasteiger partial charge in [0.15, 0.2) is 0 Å². The molecule has 0 unspecified atom stereocenters. The molecule has 3 heteroatoms. The number of rotatable bonds is 4. The number of aryl methyl sites for hydroxylation is 1. The van der Waals surface area contributed by atoms with Crippen LogP contribution in [0.25, 0.3) is 0 Å². The Hall–Kier alpha value is -1.06. The minimum Gasteiger partial charge on any atom is -0.373 e. The first-order valence-electron chi connectivity index (χ1n) is 6.47.